The molecule has 2 N–H and O–H groups in total. The highest BCUT2D eigenvalue weighted by molar-refractivity contribution is 7.13. The number of benzene rings is 1. The summed E-state index contributed by atoms with van der Waals surface area (Å²) in [5, 5.41) is 2.05. The van der Waals surface area contributed by atoms with Crippen molar-refractivity contribution < 1.29 is 14.3 Å². The van der Waals surface area contributed by atoms with Crippen LogP contribution in [0.15, 0.2) is 41.8 Å². The minimum atomic E-state index is -1.18. The molecule has 28 heavy (non-hydrogen) atoms. The SMILES string of the molecule is CC(C)(C)CC(=O)N1CCOC(Cc2ccc(-c3cccs3)cc2)(C(N)=O)C1. The van der Waals surface area contributed by atoms with Gasteiger partial charge in [-0.3, -0.25) is 9.59 Å². The molecule has 0 saturated carbocycles. The summed E-state index contributed by atoms with van der Waals surface area (Å²) in [5.41, 5.74) is 6.55. The number of hydrogen-bond acceptors (Lipinski definition) is 4. The van der Waals surface area contributed by atoms with Crippen molar-refractivity contribution in [3.63, 3.8) is 0 Å². The molecule has 2 heterocycles. The molecule has 1 aromatic carbocycles. The molecule has 0 aliphatic carbocycles. The summed E-state index contributed by atoms with van der Waals surface area (Å²) >= 11 is 1.69. The third kappa shape index (κ3) is 4.80. The predicted octanol–water partition coefficient (Wildman–Crippen LogP) is 3.48. The second-order valence-electron chi connectivity index (χ2n) is 8.61. The van der Waals surface area contributed by atoms with Crippen molar-refractivity contribution >= 4 is 23.2 Å². The maximum absolute atomic E-state index is 12.7. The largest absolute Gasteiger partial charge is 0.367 e. The lowest BCUT2D eigenvalue weighted by Crippen LogP contribution is -2.61. The highest BCUT2D eigenvalue weighted by Crippen LogP contribution is 2.29. The van der Waals surface area contributed by atoms with Crippen LogP contribution in [-0.4, -0.2) is 42.0 Å². The molecule has 150 valence electrons. The summed E-state index contributed by atoms with van der Waals surface area (Å²) in [5.74, 6) is -0.488. The van der Waals surface area contributed by atoms with Gasteiger partial charge in [-0.25, -0.2) is 0 Å². The molecule has 1 unspecified atom stereocenters. The van der Waals surface area contributed by atoms with Gasteiger partial charge in [0.1, 0.15) is 0 Å². The number of morpholine rings is 1. The second kappa shape index (κ2) is 8.05. The maximum Gasteiger partial charge on any atom is 0.251 e. The van der Waals surface area contributed by atoms with Crippen LogP contribution in [0.4, 0.5) is 0 Å². The predicted molar refractivity (Wildman–Crippen MR) is 112 cm³/mol. The summed E-state index contributed by atoms with van der Waals surface area (Å²) in [6.45, 7) is 7.09. The molecule has 1 saturated heterocycles. The molecule has 1 aliphatic rings. The van der Waals surface area contributed by atoms with E-state index in [1.54, 1.807) is 16.2 Å². The first-order chi connectivity index (χ1) is 13.2. The van der Waals surface area contributed by atoms with E-state index in [-0.39, 0.29) is 17.9 Å². The molecule has 1 fully saturated rings. The smallest absolute Gasteiger partial charge is 0.251 e. The van der Waals surface area contributed by atoms with Crippen molar-refractivity contribution in [2.45, 2.75) is 39.2 Å². The van der Waals surface area contributed by atoms with E-state index in [2.05, 4.69) is 6.07 Å². The fourth-order valence-corrected chi connectivity index (χ4v) is 4.20. The number of ether oxygens (including phenoxy) is 1. The lowest BCUT2D eigenvalue weighted by Gasteiger charge is -2.41. The van der Waals surface area contributed by atoms with Crippen LogP contribution in [0, 0.1) is 5.41 Å². The Morgan fingerprint density at radius 2 is 1.93 bits per heavy atom. The summed E-state index contributed by atoms with van der Waals surface area (Å²) in [6.07, 6.45) is 0.781. The average molecular weight is 401 g/mol. The third-order valence-electron chi connectivity index (χ3n) is 4.92. The van der Waals surface area contributed by atoms with Gasteiger partial charge in [-0.1, -0.05) is 51.1 Å². The Balaban J connectivity index is 1.76. The fraction of sp³-hybridized carbons (Fsp3) is 0.455. The zero-order chi connectivity index (χ0) is 20.4. The Bertz CT molecular complexity index is 824. The molecule has 2 amide bonds. The number of hydrogen-bond donors (Lipinski definition) is 1. The number of amides is 2. The molecule has 1 atom stereocenters. The van der Waals surface area contributed by atoms with E-state index in [9.17, 15) is 9.59 Å². The normalized spacial score (nSPS) is 20.2. The van der Waals surface area contributed by atoms with Crippen LogP contribution < -0.4 is 5.73 Å². The number of carbonyl (C=O) groups is 2. The molecular weight excluding hydrogens is 372 g/mol. The Morgan fingerprint density at radius 1 is 1.21 bits per heavy atom. The van der Waals surface area contributed by atoms with Gasteiger partial charge in [0.2, 0.25) is 5.91 Å². The summed E-state index contributed by atoms with van der Waals surface area (Å²) in [6, 6.07) is 12.2. The molecule has 3 rings (SSSR count). The molecule has 1 aliphatic heterocycles. The van der Waals surface area contributed by atoms with E-state index >= 15 is 0 Å². The van der Waals surface area contributed by atoms with Crippen LogP contribution in [0.2, 0.25) is 0 Å². The topological polar surface area (TPSA) is 72.6 Å². The summed E-state index contributed by atoms with van der Waals surface area (Å²) < 4.78 is 5.88. The van der Waals surface area contributed by atoms with Gasteiger partial charge in [-0.2, -0.15) is 0 Å². The standard InChI is InChI=1S/C22H28N2O3S/c1-21(2,3)14-19(25)24-10-11-27-22(15-24,20(23)26)13-16-6-8-17(9-7-16)18-5-4-12-28-18/h4-9,12H,10-11,13-15H2,1-3H3,(H2,23,26). The Morgan fingerprint density at radius 3 is 2.50 bits per heavy atom. The second-order valence-corrected chi connectivity index (χ2v) is 9.56. The average Bonchev–Trinajstić information content (AvgIpc) is 3.16. The summed E-state index contributed by atoms with van der Waals surface area (Å²) in [7, 11) is 0. The first-order valence-corrected chi connectivity index (χ1v) is 10.4. The van der Waals surface area contributed by atoms with Gasteiger partial charge in [0.15, 0.2) is 5.60 Å². The quantitative estimate of drug-likeness (QED) is 0.835. The zero-order valence-corrected chi connectivity index (χ0v) is 17.6. The van der Waals surface area contributed by atoms with E-state index in [1.807, 2.05) is 56.5 Å². The van der Waals surface area contributed by atoms with Crippen molar-refractivity contribution in [2.75, 3.05) is 19.7 Å². The lowest BCUT2D eigenvalue weighted by atomic mass is 9.89. The van der Waals surface area contributed by atoms with Gasteiger partial charge in [-0.05, 0) is 28.0 Å². The van der Waals surface area contributed by atoms with Crippen molar-refractivity contribution in [3.05, 3.63) is 47.3 Å². The van der Waals surface area contributed by atoms with Gasteiger partial charge in [0.25, 0.3) is 5.91 Å². The van der Waals surface area contributed by atoms with Gasteiger partial charge in [-0.15, -0.1) is 11.3 Å². The maximum atomic E-state index is 12.7. The van der Waals surface area contributed by atoms with E-state index in [0.717, 1.165) is 11.1 Å². The van der Waals surface area contributed by atoms with E-state index in [4.69, 9.17) is 10.5 Å². The van der Waals surface area contributed by atoms with Gasteiger partial charge >= 0.3 is 0 Å². The van der Waals surface area contributed by atoms with Crippen LogP contribution in [0.1, 0.15) is 32.8 Å². The zero-order valence-electron chi connectivity index (χ0n) is 16.7. The van der Waals surface area contributed by atoms with E-state index < -0.39 is 11.5 Å². The number of primary amides is 1. The Labute approximate surface area is 170 Å². The first kappa shape index (κ1) is 20.6. The molecule has 6 heteroatoms. The van der Waals surface area contributed by atoms with Crippen molar-refractivity contribution in [2.24, 2.45) is 11.1 Å². The van der Waals surface area contributed by atoms with E-state index in [0.29, 0.717) is 26.0 Å². The molecule has 1 aromatic heterocycles. The number of carbonyl (C=O) groups excluding carboxylic acids is 2. The molecule has 2 aromatic rings. The molecular formula is C22H28N2O3S. The molecule has 5 nitrogen and oxygen atoms in total. The first-order valence-electron chi connectivity index (χ1n) is 9.53. The van der Waals surface area contributed by atoms with Crippen LogP contribution in [-0.2, 0) is 20.7 Å². The van der Waals surface area contributed by atoms with Crippen LogP contribution in [0.25, 0.3) is 10.4 Å². The number of thiophene rings is 1. The minimum absolute atomic E-state index is 0.0365. The van der Waals surface area contributed by atoms with Crippen molar-refractivity contribution in [1.29, 1.82) is 0 Å². The van der Waals surface area contributed by atoms with Crippen LogP contribution in [0.5, 0.6) is 0 Å². The molecule has 0 bridgehead atoms. The minimum Gasteiger partial charge on any atom is -0.367 e. The Kier molecular flexibility index (Phi) is 5.91. The van der Waals surface area contributed by atoms with Crippen LogP contribution >= 0.6 is 11.3 Å². The molecule has 0 radical (unpaired) electrons. The number of nitrogens with two attached hydrogens (primary N) is 1. The van der Waals surface area contributed by atoms with E-state index in [1.165, 1.54) is 4.88 Å². The fourth-order valence-electron chi connectivity index (χ4n) is 3.47. The van der Waals surface area contributed by atoms with Crippen molar-refractivity contribution in [3.8, 4) is 10.4 Å². The highest BCUT2D eigenvalue weighted by Gasteiger charge is 2.44. The monoisotopic (exact) mass is 400 g/mol. The number of nitrogens with zero attached hydrogens (tertiary/aromatic N) is 1. The van der Waals surface area contributed by atoms with Crippen molar-refractivity contribution in [1.82, 2.24) is 4.90 Å². The highest BCUT2D eigenvalue weighted by atomic mass is 32.1. The molecule has 0 spiro atoms. The lowest BCUT2D eigenvalue weighted by molar-refractivity contribution is -0.164. The van der Waals surface area contributed by atoms with Gasteiger partial charge in [0.05, 0.1) is 13.2 Å². The third-order valence-corrected chi connectivity index (χ3v) is 5.84. The van der Waals surface area contributed by atoms with Gasteiger partial charge < -0.3 is 15.4 Å². The summed E-state index contributed by atoms with van der Waals surface area (Å²) in [4.78, 5) is 27.9. The number of rotatable bonds is 5. The van der Waals surface area contributed by atoms with Gasteiger partial charge in [0, 0.05) is 24.3 Å². The van der Waals surface area contributed by atoms with Crippen LogP contribution in [0.3, 0.4) is 0 Å². The Hall–Kier alpha value is -2.18.